The zero-order valence-corrected chi connectivity index (χ0v) is 11.4. The summed E-state index contributed by atoms with van der Waals surface area (Å²) in [6.07, 6.45) is 0.508. The molecule has 19 heavy (non-hydrogen) atoms. The van der Waals surface area contributed by atoms with Crippen molar-refractivity contribution in [1.82, 2.24) is 10.6 Å². The maximum Gasteiger partial charge on any atom is 0.221 e. The predicted molar refractivity (Wildman–Crippen MR) is 79.0 cm³/mol. The van der Waals surface area contributed by atoms with Crippen LogP contribution in [-0.4, -0.2) is 19.5 Å². The molecule has 3 heteroatoms. The van der Waals surface area contributed by atoms with Crippen LogP contribution in [0.5, 0.6) is 0 Å². The highest BCUT2D eigenvalue weighted by molar-refractivity contribution is 5.83. The van der Waals surface area contributed by atoms with Crippen LogP contribution in [-0.2, 0) is 4.79 Å². The highest BCUT2D eigenvalue weighted by atomic mass is 16.1. The first-order chi connectivity index (χ1) is 9.20. The molecule has 0 aliphatic rings. The summed E-state index contributed by atoms with van der Waals surface area (Å²) in [6.45, 7) is 2.72. The highest BCUT2D eigenvalue weighted by Gasteiger charge is 2.09. The van der Waals surface area contributed by atoms with E-state index in [1.54, 1.807) is 0 Å². The topological polar surface area (TPSA) is 41.1 Å². The lowest BCUT2D eigenvalue weighted by atomic mass is 10.0. The zero-order valence-electron chi connectivity index (χ0n) is 11.4. The van der Waals surface area contributed by atoms with Gasteiger partial charge in [0.15, 0.2) is 0 Å². The fourth-order valence-electron chi connectivity index (χ4n) is 2.11. The number of carbonyl (C=O) groups is 1. The van der Waals surface area contributed by atoms with Crippen molar-refractivity contribution in [1.29, 1.82) is 0 Å². The van der Waals surface area contributed by atoms with Gasteiger partial charge in [0.05, 0.1) is 6.04 Å². The van der Waals surface area contributed by atoms with Crippen molar-refractivity contribution in [3.63, 3.8) is 0 Å². The number of amides is 1. The van der Waals surface area contributed by atoms with Gasteiger partial charge in [-0.05, 0) is 36.4 Å². The summed E-state index contributed by atoms with van der Waals surface area (Å²) < 4.78 is 0. The van der Waals surface area contributed by atoms with E-state index in [1.165, 1.54) is 10.8 Å². The van der Waals surface area contributed by atoms with Crippen molar-refractivity contribution < 1.29 is 4.79 Å². The molecule has 0 aliphatic heterocycles. The van der Waals surface area contributed by atoms with Gasteiger partial charge in [0, 0.05) is 13.0 Å². The highest BCUT2D eigenvalue weighted by Crippen LogP contribution is 2.20. The normalized spacial score (nSPS) is 12.3. The molecule has 0 spiro atoms. The molecule has 0 fully saturated rings. The third-order valence-corrected chi connectivity index (χ3v) is 3.25. The molecule has 1 unspecified atom stereocenters. The third kappa shape index (κ3) is 3.55. The molecular formula is C16H20N2O. The van der Waals surface area contributed by atoms with Gasteiger partial charge in [-0.1, -0.05) is 36.4 Å². The minimum Gasteiger partial charge on any atom is -0.350 e. The Morgan fingerprint density at radius 2 is 1.89 bits per heavy atom. The second kappa shape index (κ2) is 6.34. The van der Waals surface area contributed by atoms with Gasteiger partial charge in [0.1, 0.15) is 0 Å². The summed E-state index contributed by atoms with van der Waals surface area (Å²) in [6, 6.07) is 14.6. The second-order valence-corrected chi connectivity index (χ2v) is 4.75. The fourth-order valence-corrected chi connectivity index (χ4v) is 2.11. The average molecular weight is 256 g/mol. The van der Waals surface area contributed by atoms with Crippen LogP contribution in [0.2, 0.25) is 0 Å². The van der Waals surface area contributed by atoms with Crippen LogP contribution in [0.25, 0.3) is 10.8 Å². The van der Waals surface area contributed by atoms with Gasteiger partial charge in [-0.3, -0.25) is 4.79 Å². The van der Waals surface area contributed by atoms with E-state index in [1.807, 2.05) is 26.1 Å². The van der Waals surface area contributed by atoms with Gasteiger partial charge < -0.3 is 10.6 Å². The van der Waals surface area contributed by atoms with E-state index in [4.69, 9.17) is 0 Å². The Labute approximate surface area is 114 Å². The molecule has 0 radical (unpaired) electrons. The van der Waals surface area contributed by atoms with Crippen molar-refractivity contribution in [2.24, 2.45) is 0 Å². The maximum absolute atomic E-state index is 11.7. The maximum atomic E-state index is 11.7. The Kier molecular flexibility index (Phi) is 4.53. The summed E-state index contributed by atoms with van der Waals surface area (Å²) in [5.41, 5.74) is 1.14. The second-order valence-electron chi connectivity index (χ2n) is 4.75. The monoisotopic (exact) mass is 256 g/mol. The molecule has 2 aromatic carbocycles. The number of hydrogen-bond acceptors (Lipinski definition) is 2. The molecule has 2 rings (SSSR count). The number of nitrogens with one attached hydrogen (secondary N) is 2. The molecule has 0 heterocycles. The molecule has 0 aromatic heterocycles. The Morgan fingerprint density at radius 1 is 1.16 bits per heavy atom. The molecule has 0 saturated heterocycles. The van der Waals surface area contributed by atoms with Crippen LogP contribution in [0, 0.1) is 0 Å². The molecule has 1 atom stereocenters. The minimum atomic E-state index is 0.0361. The molecule has 1 amide bonds. The number of fused-ring (bicyclic) bond motifs is 1. The van der Waals surface area contributed by atoms with E-state index in [0.29, 0.717) is 13.0 Å². The summed E-state index contributed by atoms with van der Waals surface area (Å²) >= 11 is 0. The number of benzene rings is 2. The summed E-state index contributed by atoms with van der Waals surface area (Å²) in [4.78, 5) is 11.7. The molecule has 0 aliphatic carbocycles. The number of rotatable bonds is 5. The first-order valence-corrected chi connectivity index (χ1v) is 6.63. The molecule has 2 aromatic rings. The molecule has 2 N–H and O–H groups in total. The van der Waals surface area contributed by atoms with E-state index in [2.05, 4.69) is 41.0 Å². The van der Waals surface area contributed by atoms with Gasteiger partial charge >= 0.3 is 0 Å². The first kappa shape index (κ1) is 13.6. The molecular weight excluding hydrogens is 236 g/mol. The van der Waals surface area contributed by atoms with Crippen molar-refractivity contribution in [2.75, 3.05) is 13.6 Å². The standard InChI is InChI=1S/C16H20N2O/c1-12(18-16(19)9-10-17-2)14-8-7-13-5-3-4-6-15(13)11-14/h3-8,11-12,17H,9-10H2,1-2H3,(H,18,19). The number of carbonyl (C=O) groups excluding carboxylic acids is 1. The van der Waals surface area contributed by atoms with Gasteiger partial charge in [-0.25, -0.2) is 0 Å². The molecule has 100 valence electrons. The average Bonchev–Trinajstić information content (AvgIpc) is 2.44. The van der Waals surface area contributed by atoms with Crippen LogP contribution in [0.3, 0.4) is 0 Å². The van der Waals surface area contributed by atoms with Gasteiger partial charge in [0.25, 0.3) is 0 Å². The Balaban J connectivity index is 2.08. The minimum absolute atomic E-state index is 0.0361. The lowest BCUT2D eigenvalue weighted by Crippen LogP contribution is -2.29. The predicted octanol–water partition coefficient (Wildman–Crippen LogP) is 2.63. The van der Waals surface area contributed by atoms with Crippen molar-refractivity contribution in [3.05, 3.63) is 48.0 Å². The van der Waals surface area contributed by atoms with Crippen LogP contribution in [0.15, 0.2) is 42.5 Å². The Morgan fingerprint density at radius 3 is 2.63 bits per heavy atom. The van der Waals surface area contributed by atoms with Crippen LogP contribution in [0.1, 0.15) is 24.9 Å². The van der Waals surface area contributed by atoms with E-state index < -0.39 is 0 Å². The van der Waals surface area contributed by atoms with E-state index in [0.717, 1.165) is 5.56 Å². The van der Waals surface area contributed by atoms with Gasteiger partial charge in [0.2, 0.25) is 5.91 Å². The number of hydrogen-bond donors (Lipinski definition) is 2. The van der Waals surface area contributed by atoms with Crippen molar-refractivity contribution in [3.8, 4) is 0 Å². The van der Waals surface area contributed by atoms with Crippen LogP contribution < -0.4 is 10.6 Å². The zero-order chi connectivity index (χ0) is 13.7. The van der Waals surface area contributed by atoms with Crippen LogP contribution in [0.4, 0.5) is 0 Å². The van der Waals surface area contributed by atoms with E-state index >= 15 is 0 Å². The SMILES string of the molecule is CNCCC(=O)NC(C)c1ccc2ccccc2c1. The van der Waals surface area contributed by atoms with Crippen molar-refractivity contribution in [2.45, 2.75) is 19.4 Å². The lowest BCUT2D eigenvalue weighted by molar-refractivity contribution is -0.121. The largest absolute Gasteiger partial charge is 0.350 e. The van der Waals surface area contributed by atoms with E-state index in [-0.39, 0.29) is 11.9 Å². The first-order valence-electron chi connectivity index (χ1n) is 6.63. The quantitative estimate of drug-likeness (QED) is 0.863. The lowest BCUT2D eigenvalue weighted by Gasteiger charge is -2.15. The summed E-state index contributed by atoms with van der Waals surface area (Å²) in [5, 5.41) is 8.42. The van der Waals surface area contributed by atoms with Crippen molar-refractivity contribution >= 4 is 16.7 Å². The van der Waals surface area contributed by atoms with Gasteiger partial charge in [-0.15, -0.1) is 0 Å². The molecule has 3 nitrogen and oxygen atoms in total. The molecule has 0 bridgehead atoms. The van der Waals surface area contributed by atoms with Crippen LogP contribution >= 0.6 is 0 Å². The van der Waals surface area contributed by atoms with Gasteiger partial charge in [-0.2, -0.15) is 0 Å². The van der Waals surface area contributed by atoms with E-state index in [9.17, 15) is 4.79 Å². The fraction of sp³-hybridized carbons (Fsp3) is 0.312. The summed E-state index contributed by atoms with van der Waals surface area (Å²) in [5.74, 6) is 0.0787. The third-order valence-electron chi connectivity index (χ3n) is 3.25. The smallest absolute Gasteiger partial charge is 0.221 e. The Hall–Kier alpha value is -1.87. The Bertz CT molecular complexity index is 565. The summed E-state index contributed by atoms with van der Waals surface area (Å²) in [7, 11) is 1.85. The molecule has 0 saturated carbocycles.